The number of nitrogens with zero attached hydrogens (tertiary/aromatic N) is 2. The lowest BCUT2D eigenvalue weighted by Crippen LogP contribution is -2.61. The zero-order valence-electron chi connectivity index (χ0n) is 14.9. The molecule has 0 bridgehead atoms. The first-order valence-electron chi connectivity index (χ1n) is 8.92. The van der Waals surface area contributed by atoms with E-state index in [-0.39, 0.29) is 13.2 Å². The van der Waals surface area contributed by atoms with Gasteiger partial charge in [0.2, 0.25) is 0 Å². The maximum atomic E-state index is 11.9. The fraction of sp³-hybridized carbons (Fsp3) is 0.875. The summed E-state index contributed by atoms with van der Waals surface area (Å²) >= 11 is 5.35. The Morgan fingerprint density at radius 3 is 2.52 bits per heavy atom. The van der Waals surface area contributed by atoms with Crippen LogP contribution >= 0.6 is 12.2 Å². The van der Waals surface area contributed by atoms with Crippen molar-refractivity contribution >= 4 is 23.4 Å². The summed E-state index contributed by atoms with van der Waals surface area (Å²) in [5, 5.41) is 24.3. The lowest BCUT2D eigenvalue weighted by atomic mass is 9.98. The van der Waals surface area contributed by atoms with E-state index in [1.165, 1.54) is 4.90 Å². The van der Waals surface area contributed by atoms with E-state index >= 15 is 0 Å². The van der Waals surface area contributed by atoms with Crippen LogP contribution in [0, 0.1) is 0 Å². The molecule has 8 nitrogen and oxygen atoms in total. The van der Waals surface area contributed by atoms with Crippen LogP contribution in [0.4, 0.5) is 4.79 Å². The Kier molecular flexibility index (Phi) is 7.67. The molecule has 2 fully saturated rings. The molecule has 1 amide bonds. The lowest BCUT2D eigenvalue weighted by Gasteiger charge is -2.39. The van der Waals surface area contributed by atoms with Gasteiger partial charge in [0, 0.05) is 26.2 Å². The second kappa shape index (κ2) is 9.51. The summed E-state index contributed by atoms with van der Waals surface area (Å²) in [7, 11) is 0. The van der Waals surface area contributed by atoms with Gasteiger partial charge >= 0.3 is 6.09 Å². The minimum Gasteiger partial charge on any atom is -0.447 e. The minimum absolute atomic E-state index is 0.100. The molecule has 25 heavy (non-hydrogen) atoms. The van der Waals surface area contributed by atoms with Gasteiger partial charge in [0.15, 0.2) is 5.11 Å². The van der Waals surface area contributed by atoms with E-state index in [9.17, 15) is 15.0 Å². The third-order valence-corrected chi connectivity index (χ3v) is 5.10. The van der Waals surface area contributed by atoms with Gasteiger partial charge in [0.1, 0.15) is 24.9 Å². The highest BCUT2D eigenvalue weighted by atomic mass is 32.1. The first kappa shape index (κ1) is 20.2. The van der Waals surface area contributed by atoms with Gasteiger partial charge in [0.05, 0.1) is 12.6 Å². The molecule has 0 aromatic rings. The molecular weight excluding hydrogens is 346 g/mol. The summed E-state index contributed by atoms with van der Waals surface area (Å²) < 4.78 is 10.8. The van der Waals surface area contributed by atoms with E-state index in [1.807, 2.05) is 18.7 Å². The Morgan fingerprint density at radius 2 is 1.92 bits per heavy atom. The van der Waals surface area contributed by atoms with E-state index in [2.05, 4.69) is 5.32 Å². The van der Waals surface area contributed by atoms with Crippen LogP contribution in [0.15, 0.2) is 0 Å². The Balaban J connectivity index is 1.80. The summed E-state index contributed by atoms with van der Waals surface area (Å²) in [5.74, 6) is 0. The van der Waals surface area contributed by atoms with Gasteiger partial charge in [-0.15, -0.1) is 0 Å². The van der Waals surface area contributed by atoms with Gasteiger partial charge < -0.3 is 34.8 Å². The number of rotatable bonds is 5. The van der Waals surface area contributed by atoms with Crippen LogP contribution in [0.2, 0.25) is 0 Å². The molecule has 2 rings (SSSR count). The lowest BCUT2D eigenvalue weighted by molar-refractivity contribution is -0.160. The first-order valence-corrected chi connectivity index (χ1v) is 9.33. The monoisotopic (exact) mass is 375 g/mol. The quantitative estimate of drug-likeness (QED) is 0.575. The predicted molar refractivity (Wildman–Crippen MR) is 96.4 cm³/mol. The summed E-state index contributed by atoms with van der Waals surface area (Å²) in [6, 6.07) is -0.488. The molecule has 144 valence electrons. The van der Waals surface area contributed by atoms with Crippen molar-refractivity contribution in [3.63, 3.8) is 0 Å². The normalized spacial score (nSPS) is 29.4. The second-order valence-electron chi connectivity index (χ2n) is 6.35. The second-order valence-corrected chi connectivity index (χ2v) is 6.74. The molecule has 2 aliphatic rings. The van der Waals surface area contributed by atoms with Crippen LogP contribution in [0.3, 0.4) is 0 Å². The van der Waals surface area contributed by atoms with E-state index in [4.69, 9.17) is 21.7 Å². The predicted octanol–water partition coefficient (Wildman–Crippen LogP) is -0.0757. The molecule has 2 saturated heterocycles. The zero-order chi connectivity index (χ0) is 18.4. The highest BCUT2D eigenvalue weighted by Gasteiger charge is 2.40. The van der Waals surface area contributed by atoms with Crippen molar-refractivity contribution < 1.29 is 24.5 Å². The number of thiocarbonyl (C=S) groups is 1. The number of nitrogens with one attached hydrogen (secondary N) is 1. The Labute approximate surface area is 154 Å². The molecule has 4 unspecified atom stereocenters. The molecule has 9 heteroatoms. The third-order valence-electron chi connectivity index (χ3n) is 4.73. The standard InChI is InChI=1S/C16H29N3O5S/c1-3-18(4-2)16(22)24-10-12-14(21)13(20)11(9-23-12)17-15(25)19-7-5-6-8-19/h11-14,20-21H,3-10H2,1-2H3,(H,17,25). The van der Waals surface area contributed by atoms with Crippen molar-refractivity contribution in [2.24, 2.45) is 0 Å². The Hall–Kier alpha value is -1.16. The molecule has 0 aromatic carbocycles. The number of hydrogen-bond donors (Lipinski definition) is 3. The van der Waals surface area contributed by atoms with E-state index in [0.29, 0.717) is 18.2 Å². The molecule has 2 heterocycles. The van der Waals surface area contributed by atoms with Crippen molar-refractivity contribution in [2.45, 2.75) is 51.0 Å². The summed E-state index contributed by atoms with van der Waals surface area (Å²) in [4.78, 5) is 15.4. The Bertz CT molecular complexity index is 455. The molecule has 4 atom stereocenters. The molecular formula is C16H29N3O5S. The largest absolute Gasteiger partial charge is 0.447 e. The van der Waals surface area contributed by atoms with Gasteiger partial charge in [-0.3, -0.25) is 0 Å². The van der Waals surface area contributed by atoms with Gasteiger partial charge in [0.25, 0.3) is 0 Å². The van der Waals surface area contributed by atoms with Crippen molar-refractivity contribution in [3.05, 3.63) is 0 Å². The van der Waals surface area contributed by atoms with Gasteiger partial charge in [-0.05, 0) is 38.9 Å². The molecule has 0 saturated carbocycles. The number of carbonyl (C=O) groups is 1. The fourth-order valence-corrected chi connectivity index (χ4v) is 3.39. The van der Waals surface area contributed by atoms with E-state index < -0.39 is 30.4 Å². The zero-order valence-corrected chi connectivity index (χ0v) is 15.7. The van der Waals surface area contributed by atoms with Crippen LogP contribution in [0.5, 0.6) is 0 Å². The number of likely N-dealkylation sites (tertiary alicyclic amines) is 1. The van der Waals surface area contributed by atoms with Crippen molar-refractivity contribution in [2.75, 3.05) is 39.4 Å². The van der Waals surface area contributed by atoms with Crippen LogP contribution in [0.1, 0.15) is 26.7 Å². The molecule has 0 aromatic heterocycles. The van der Waals surface area contributed by atoms with Gasteiger partial charge in [-0.1, -0.05) is 0 Å². The molecule has 2 aliphatic heterocycles. The first-order chi connectivity index (χ1) is 12.0. The maximum Gasteiger partial charge on any atom is 0.409 e. The van der Waals surface area contributed by atoms with Gasteiger partial charge in [-0.2, -0.15) is 0 Å². The van der Waals surface area contributed by atoms with E-state index in [1.54, 1.807) is 0 Å². The van der Waals surface area contributed by atoms with Crippen LogP contribution in [-0.4, -0.2) is 95.0 Å². The smallest absolute Gasteiger partial charge is 0.409 e. The minimum atomic E-state index is -1.16. The molecule has 0 aliphatic carbocycles. The summed E-state index contributed by atoms with van der Waals surface area (Å²) in [6.07, 6.45) is -1.20. The molecule has 3 N–H and O–H groups in total. The van der Waals surface area contributed by atoms with Crippen molar-refractivity contribution in [1.82, 2.24) is 15.1 Å². The van der Waals surface area contributed by atoms with Gasteiger partial charge in [-0.25, -0.2) is 4.79 Å². The number of ether oxygens (including phenoxy) is 2. The topological polar surface area (TPSA) is 94.5 Å². The SMILES string of the molecule is CCN(CC)C(=O)OCC1OCC(NC(=S)N2CCCC2)C(O)C1O. The molecule has 0 spiro atoms. The number of hydrogen-bond acceptors (Lipinski definition) is 6. The average molecular weight is 375 g/mol. The number of amides is 1. The average Bonchev–Trinajstić information content (AvgIpc) is 3.14. The summed E-state index contributed by atoms with van der Waals surface area (Å²) in [6.45, 7) is 6.71. The van der Waals surface area contributed by atoms with Crippen LogP contribution in [0.25, 0.3) is 0 Å². The fourth-order valence-electron chi connectivity index (χ4n) is 3.05. The highest BCUT2D eigenvalue weighted by Crippen LogP contribution is 2.17. The molecule has 0 radical (unpaired) electrons. The van der Waals surface area contributed by atoms with Crippen LogP contribution < -0.4 is 5.32 Å². The Morgan fingerprint density at radius 1 is 1.28 bits per heavy atom. The van der Waals surface area contributed by atoms with E-state index in [0.717, 1.165) is 25.9 Å². The summed E-state index contributed by atoms with van der Waals surface area (Å²) in [5.41, 5.74) is 0. The van der Waals surface area contributed by atoms with Crippen molar-refractivity contribution in [3.8, 4) is 0 Å². The number of aliphatic hydroxyl groups is 2. The maximum absolute atomic E-state index is 11.9. The van der Waals surface area contributed by atoms with Crippen LogP contribution in [-0.2, 0) is 9.47 Å². The number of aliphatic hydroxyl groups excluding tert-OH is 2. The highest BCUT2D eigenvalue weighted by molar-refractivity contribution is 7.80. The third kappa shape index (κ3) is 5.16. The number of carbonyl (C=O) groups excluding carboxylic acids is 1. The van der Waals surface area contributed by atoms with Crippen molar-refractivity contribution in [1.29, 1.82) is 0 Å².